The summed E-state index contributed by atoms with van der Waals surface area (Å²) in [6.07, 6.45) is 3.04. The molecule has 0 saturated carbocycles. The summed E-state index contributed by atoms with van der Waals surface area (Å²) < 4.78 is 15.8. The van der Waals surface area contributed by atoms with E-state index in [0.29, 0.717) is 24.3 Å². The average Bonchev–Trinajstić information content (AvgIpc) is 2.74. The fourth-order valence-corrected chi connectivity index (χ4v) is 2.14. The minimum Gasteiger partial charge on any atom is -0.454 e. The van der Waals surface area contributed by atoms with Gasteiger partial charge in [-0.2, -0.15) is 0 Å². The standard InChI is InChI=1S/C13H12O4/c1-2-3-8-4-9-5-11-12(16-7-15-11)6-10(9)17-13(8)14/h2,5-6,8H,1,3-4,7H2. The van der Waals surface area contributed by atoms with Gasteiger partial charge >= 0.3 is 5.97 Å². The molecule has 88 valence electrons. The lowest BCUT2D eigenvalue weighted by molar-refractivity contribution is -0.140. The van der Waals surface area contributed by atoms with Crippen LogP contribution in [0.3, 0.4) is 0 Å². The van der Waals surface area contributed by atoms with Gasteiger partial charge in [-0.3, -0.25) is 4.79 Å². The van der Waals surface area contributed by atoms with Crippen LogP contribution in [0.4, 0.5) is 0 Å². The van der Waals surface area contributed by atoms with Crippen molar-refractivity contribution in [3.63, 3.8) is 0 Å². The summed E-state index contributed by atoms with van der Waals surface area (Å²) in [4.78, 5) is 11.7. The first-order chi connectivity index (χ1) is 8.28. The molecule has 2 aliphatic heterocycles. The van der Waals surface area contributed by atoms with Crippen LogP contribution in [0.15, 0.2) is 24.8 Å². The second kappa shape index (κ2) is 3.80. The summed E-state index contributed by atoms with van der Waals surface area (Å²) in [5.41, 5.74) is 0.987. The molecule has 0 aliphatic carbocycles. The fraction of sp³-hybridized carbons (Fsp3) is 0.308. The van der Waals surface area contributed by atoms with Crippen LogP contribution in [0.1, 0.15) is 12.0 Å². The van der Waals surface area contributed by atoms with E-state index in [1.807, 2.05) is 6.07 Å². The van der Waals surface area contributed by atoms with Gasteiger partial charge < -0.3 is 14.2 Å². The topological polar surface area (TPSA) is 44.8 Å². The second-order valence-electron chi connectivity index (χ2n) is 4.16. The maximum atomic E-state index is 11.7. The Hall–Kier alpha value is -1.97. The Labute approximate surface area is 98.8 Å². The highest BCUT2D eigenvalue weighted by Crippen LogP contribution is 2.41. The van der Waals surface area contributed by atoms with Gasteiger partial charge in [0.2, 0.25) is 6.79 Å². The Bertz CT molecular complexity index is 492. The highest BCUT2D eigenvalue weighted by Gasteiger charge is 2.29. The molecule has 1 aromatic rings. The largest absolute Gasteiger partial charge is 0.454 e. The highest BCUT2D eigenvalue weighted by atomic mass is 16.7. The Balaban J connectivity index is 1.96. The second-order valence-corrected chi connectivity index (χ2v) is 4.16. The molecule has 0 spiro atoms. The summed E-state index contributed by atoms with van der Waals surface area (Å²) in [6.45, 7) is 3.88. The molecule has 4 nitrogen and oxygen atoms in total. The SMILES string of the molecule is C=CCC1Cc2cc3c(cc2OC1=O)OCO3. The summed E-state index contributed by atoms with van der Waals surface area (Å²) in [5.74, 6) is 1.61. The van der Waals surface area contributed by atoms with Crippen LogP contribution in [0.25, 0.3) is 0 Å². The third kappa shape index (κ3) is 1.65. The average molecular weight is 232 g/mol. The van der Waals surface area contributed by atoms with E-state index in [-0.39, 0.29) is 18.7 Å². The van der Waals surface area contributed by atoms with Gasteiger partial charge in [-0.15, -0.1) is 6.58 Å². The van der Waals surface area contributed by atoms with E-state index < -0.39 is 0 Å². The van der Waals surface area contributed by atoms with E-state index in [1.165, 1.54) is 0 Å². The van der Waals surface area contributed by atoms with Crippen LogP contribution < -0.4 is 14.2 Å². The van der Waals surface area contributed by atoms with Crippen LogP contribution in [0.2, 0.25) is 0 Å². The van der Waals surface area contributed by atoms with Crippen LogP contribution in [-0.2, 0) is 11.2 Å². The zero-order valence-corrected chi connectivity index (χ0v) is 9.27. The molecule has 2 aliphatic rings. The molecular weight excluding hydrogens is 220 g/mol. The minimum atomic E-state index is -0.198. The molecule has 2 heterocycles. The Morgan fingerprint density at radius 2 is 2.06 bits per heavy atom. The number of fused-ring (bicyclic) bond motifs is 2. The van der Waals surface area contributed by atoms with Crippen LogP contribution in [0, 0.1) is 5.92 Å². The number of hydrogen-bond acceptors (Lipinski definition) is 4. The van der Waals surface area contributed by atoms with Gasteiger partial charge in [0, 0.05) is 6.07 Å². The van der Waals surface area contributed by atoms with E-state index in [0.717, 1.165) is 11.3 Å². The number of carbonyl (C=O) groups excluding carboxylic acids is 1. The van der Waals surface area contributed by atoms with Gasteiger partial charge in [-0.25, -0.2) is 0 Å². The van der Waals surface area contributed by atoms with Crippen molar-refractivity contribution >= 4 is 5.97 Å². The van der Waals surface area contributed by atoms with E-state index in [4.69, 9.17) is 14.2 Å². The third-order valence-corrected chi connectivity index (χ3v) is 3.02. The van der Waals surface area contributed by atoms with E-state index in [2.05, 4.69) is 6.58 Å². The zero-order chi connectivity index (χ0) is 11.8. The molecule has 4 heteroatoms. The molecular formula is C13H12O4. The predicted octanol–water partition coefficient (Wildman–Crippen LogP) is 2.07. The molecule has 0 bridgehead atoms. The van der Waals surface area contributed by atoms with E-state index >= 15 is 0 Å². The lowest BCUT2D eigenvalue weighted by Crippen LogP contribution is -2.27. The number of benzene rings is 1. The quantitative estimate of drug-likeness (QED) is 0.445. The number of carbonyl (C=O) groups is 1. The van der Waals surface area contributed by atoms with Gasteiger partial charge in [-0.05, 0) is 24.5 Å². The molecule has 3 rings (SSSR count). The number of ether oxygens (including phenoxy) is 3. The van der Waals surface area contributed by atoms with Gasteiger partial charge in [0.15, 0.2) is 11.5 Å². The number of hydrogen-bond donors (Lipinski definition) is 0. The molecule has 0 N–H and O–H groups in total. The number of allylic oxidation sites excluding steroid dienone is 1. The molecule has 1 aromatic carbocycles. The van der Waals surface area contributed by atoms with Crippen molar-refractivity contribution in [2.45, 2.75) is 12.8 Å². The zero-order valence-electron chi connectivity index (χ0n) is 9.27. The molecule has 0 radical (unpaired) electrons. The smallest absolute Gasteiger partial charge is 0.314 e. The molecule has 0 fully saturated rings. The van der Waals surface area contributed by atoms with Gasteiger partial charge in [0.1, 0.15) is 5.75 Å². The van der Waals surface area contributed by atoms with Gasteiger partial charge in [0.25, 0.3) is 0 Å². The predicted molar refractivity (Wildman–Crippen MR) is 60.2 cm³/mol. The molecule has 1 atom stereocenters. The molecule has 17 heavy (non-hydrogen) atoms. The Morgan fingerprint density at radius 3 is 2.82 bits per heavy atom. The van der Waals surface area contributed by atoms with Crippen molar-refractivity contribution in [3.8, 4) is 17.2 Å². The lowest BCUT2D eigenvalue weighted by Gasteiger charge is -2.22. The normalized spacial score (nSPS) is 20.7. The van der Waals surface area contributed by atoms with Crippen molar-refractivity contribution in [2.24, 2.45) is 5.92 Å². The maximum Gasteiger partial charge on any atom is 0.314 e. The van der Waals surface area contributed by atoms with Crippen molar-refractivity contribution in [2.75, 3.05) is 6.79 Å². The monoisotopic (exact) mass is 232 g/mol. The minimum absolute atomic E-state index is 0.139. The first-order valence-corrected chi connectivity index (χ1v) is 5.53. The molecule has 0 amide bonds. The highest BCUT2D eigenvalue weighted by molar-refractivity contribution is 5.79. The molecule has 0 aromatic heterocycles. The van der Waals surface area contributed by atoms with Crippen molar-refractivity contribution < 1.29 is 19.0 Å². The third-order valence-electron chi connectivity index (χ3n) is 3.02. The van der Waals surface area contributed by atoms with Gasteiger partial charge in [0.05, 0.1) is 5.92 Å². The van der Waals surface area contributed by atoms with Crippen molar-refractivity contribution in [3.05, 3.63) is 30.4 Å². The number of rotatable bonds is 2. The lowest BCUT2D eigenvalue weighted by atomic mass is 9.93. The van der Waals surface area contributed by atoms with Crippen LogP contribution in [0.5, 0.6) is 17.2 Å². The molecule has 0 saturated heterocycles. The Morgan fingerprint density at radius 1 is 1.29 bits per heavy atom. The van der Waals surface area contributed by atoms with Crippen LogP contribution in [-0.4, -0.2) is 12.8 Å². The number of esters is 1. The van der Waals surface area contributed by atoms with Gasteiger partial charge in [-0.1, -0.05) is 6.08 Å². The van der Waals surface area contributed by atoms with Crippen LogP contribution >= 0.6 is 0 Å². The van der Waals surface area contributed by atoms with E-state index in [1.54, 1.807) is 12.1 Å². The first-order valence-electron chi connectivity index (χ1n) is 5.53. The summed E-state index contributed by atoms with van der Waals surface area (Å²) in [7, 11) is 0. The molecule has 1 unspecified atom stereocenters. The summed E-state index contributed by atoms with van der Waals surface area (Å²) >= 11 is 0. The first kappa shape index (κ1) is 10.2. The fourth-order valence-electron chi connectivity index (χ4n) is 2.14. The van der Waals surface area contributed by atoms with E-state index in [9.17, 15) is 4.79 Å². The summed E-state index contributed by atoms with van der Waals surface area (Å²) in [6, 6.07) is 3.61. The maximum absolute atomic E-state index is 11.7. The van der Waals surface area contributed by atoms with Crippen molar-refractivity contribution in [1.82, 2.24) is 0 Å². The van der Waals surface area contributed by atoms with Crippen molar-refractivity contribution in [1.29, 1.82) is 0 Å². The Kier molecular flexibility index (Phi) is 2.28. The summed E-state index contributed by atoms with van der Waals surface area (Å²) in [5, 5.41) is 0.